The number of aliphatic hydroxyl groups excluding tert-OH is 10. The Hall–Kier alpha value is -3.29. The number of unbranched alkanes of at least 4 members (excludes halogenated alkanes) is 25. The normalized spacial score (nSPS) is 14.2. The summed E-state index contributed by atoms with van der Waals surface area (Å²) in [5.74, 6) is -2.40. The quantitative estimate of drug-likeness (QED) is 0.0388. The fraction of sp³-hybridized carbons (Fsp3) is 0.928. The molecule has 0 radical (unpaired) electrons. The van der Waals surface area contributed by atoms with Crippen LogP contribution in [0.4, 0.5) is 0 Å². The molecular formula is C69H149N11O15. The Labute approximate surface area is 578 Å². The van der Waals surface area contributed by atoms with Crippen LogP contribution in [0.15, 0.2) is 0 Å². The highest BCUT2D eigenvalue weighted by Crippen LogP contribution is 2.17. The predicted octanol–water partition coefficient (Wildman–Crippen LogP) is 2.20. The molecule has 5 amide bonds. The minimum absolute atomic E-state index is 0. The molecule has 0 unspecified atom stereocenters. The van der Waals surface area contributed by atoms with Crippen molar-refractivity contribution in [2.75, 3.05) is 132 Å². The number of hydrogen-bond acceptors (Lipinski definition) is 21. The first-order chi connectivity index (χ1) is 46.0. The Morgan fingerprint density at radius 3 is 1.01 bits per heavy atom. The maximum Gasteiger partial charge on any atom is 0.251 e. The standard InChI is InChI=1S/C69H141N11O15.4H2/c1-70-38-32-44-72-40-28-30-42-74-52-56(53-75-43-31-29-41-73-45-33-39-71-2)34-24-21-23-27-46-76-59(85)35-25-20-18-16-14-12-10-8-6-4-3-5-7-9-11-13-15-17-19-22-26-47-77-60(86)36-37-61(87)80(50-48-78-68(94)66(92)64(90)62(88)57(83)54-81)51-49-79-69(95)67(93)65(91)63(89)58(84)55-82;;;;/h56-58,62-67,70-75,81-84,88-93H,3-55H2,1-2H3,(H,76,85)(H,77,86)(H,78,94)(H,79,95);4*1H/t57-,58+,62+,63-,64-,65+,66+,67-;;;;. The summed E-state index contributed by atoms with van der Waals surface area (Å²) in [6.45, 7) is 9.08. The van der Waals surface area contributed by atoms with Gasteiger partial charge in [0.2, 0.25) is 17.7 Å². The van der Waals surface area contributed by atoms with Crippen LogP contribution < -0.4 is 53.2 Å². The minimum Gasteiger partial charge on any atom is -0.394 e. The molecule has 0 aromatic rings. The van der Waals surface area contributed by atoms with E-state index in [-0.39, 0.29) is 56.5 Å². The van der Waals surface area contributed by atoms with Crippen LogP contribution in [0, 0.1) is 5.92 Å². The lowest BCUT2D eigenvalue weighted by atomic mass is 10.00. The average molecular weight is 1370 g/mol. The monoisotopic (exact) mass is 1370 g/mol. The van der Waals surface area contributed by atoms with Gasteiger partial charge in [-0.15, -0.1) is 0 Å². The van der Waals surface area contributed by atoms with Gasteiger partial charge in [-0.2, -0.15) is 0 Å². The number of amides is 5. The van der Waals surface area contributed by atoms with Crippen LogP contribution in [0.3, 0.4) is 0 Å². The fourth-order valence-corrected chi connectivity index (χ4v) is 11.2. The lowest BCUT2D eigenvalue weighted by Crippen LogP contribution is -2.53. The van der Waals surface area contributed by atoms with E-state index in [4.69, 9.17) is 10.2 Å². The van der Waals surface area contributed by atoms with E-state index in [0.717, 1.165) is 122 Å². The molecule has 20 N–H and O–H groups in total. The first-order valence-electron chi connectivity index (χ1n) is 37.2. The molecule has 0 aliphatic heterocycles. The van der Waals surface area contributed by atoms with E-state index in [9.17, 15) is 64.8 Å². The van der Waals surface area contributed by atoms with Gasteiger partial charge in [0, 0.05) is 64.2 Å². The van der Waals surface area contributed by atoms with Crippen molar-refractivity contribution in [3.05, 3.63) is 0 Å². The second kappa shape index (κ2) is 66.6. The fourth-order valence-electron chi connectivity index (χ4n) is 11.2. The third-order valence-electron chi connectivity index (χ3n) is 17.4. The van der Waals surface area contributed by atoms with E-state index >= 15 is 0 Å². The van der Waals surface area contributed by atoms with E-state index in [0.29, 0.717) is 18.9 Å². The third-order valence-corrected chi connectivity index (χ3v) is 17.4. The van der Waals surface area contributed by atoms with Crippen molar-refractivity contribution in [3.63, 3.8) is 0 Å². The van der Waals surface area contributed by atoms with Gasteiger partial charge in [0.1, 0.15) is 36.6 Å². The highest BCUT2D eigenvalue weighted by molar-refractivity contribution is 5.84. The summed E-state index contributed by atoms with van der Waals surface area (Å²) in [7, 11) is 4.01. The molecular weight excluding hydrogens is 1220 g/mol. The molecule has 0 spiro atoms. The molecule has 95 heavy (non-hydrogen) atoms. The SMILES string of the molecule is CNCCCNCCCCNCC(CCCCCCNC(=O)CCCCCCCCCCCCCCCCCCCCCCCNC(=O)CCC(=O)N(CCNC(=O)[C@@H](O)[C@H](O)[C@@H](O)[C@H](O)CO)CCNC(=O)[C@H](O)[C@@H](O)[C@H](O)[C@@H](O)CO)CNCCCCNCCCNC.[HH].[HH].[HH].[HH]. The van der Waals surface area contributed by atoms with E-state index in [1.807, 2.05) is 14.1 Å². The van der Waals surface area contributed by atoms with Crippen LogP contribution in [0.2, 0.25) is 0 Å². The van der Waals surface area contributed by atoms with Gasteiger partial charge in [-0.1, -0.05) is 141 Å². The lowest BCUT2D eigenvalue weighted by molar-refractivity contribution is -0.149. The van der Waals surface area contributed by atoms with Crippen LogP contribution in [0.1, 0.15) is 230 Å². The molecule has 0 fully saturated rings. The Kier molecular flexibility index (Phi) is 64.3. The van der Waals surface area contributed by atoms with Crippen molar-refractivity contribution in [2.45, 2.75) is 274 Å². The van der Waals surface area contributed by atoms with Gasteiger partial charge >= 0.3 is 0 Å². The van der Waals surface area contributed by atoms with Gasteiger partial charge < -0.3 is 109 Å². The molecule has 0 rings (SSSR count). The summed E-state index contributed by atoms with van der Waals surface area (Å²) in [5.41, 5.74) is 0. The van der Waals surface area contributed by atoms with Crippen LogP contribution >= 0.6 is 0 Å². The summed E-state index contributed by atoms with van der Waals surface area (Å²) in [4.78, 5) is 64.4. The van der Waals surface area contributed by atoms with E-state index in [2.05, 4.69) is 53.2 Å². The topological polar surface area (TPSA) is 411 Å². The maximum atomic E-state index is 13.2. The summed E-state index contributed by atoms with van der Waals surface area (Å²) < 4.78 is 0. The first kappa shape index (κ1) is 91.7. The van der Waals surface area contributed by atoms with Crippen molar-refractivity contribution >= 4 is 29.5 Å². The summed E-state index contributed by atoms with van der Waals surface area (Å²) >= 11 is 0. The van der Waals surface area contributed by atoms with Crippen molar-refractivity contribution in [1.82, 2.24) is 58.1 Å². The van der Waals surface area contributed by atoms with E-state index in [1.165, 1.54) is 161 Å². The van der Waals surface area contributed by atoms with Gasteiger partial charge in [0.25, 0.3) is 11.8 Å². The van der Waals surface area contributed by atoms with Crippen molar-refractivity contribution in [3.8, 4) is 0 Å². The molecule has 0 aliphatic rings. The number of rotatable bonds is 72. The summed E-state index contributed by atoms with van der Waals surface area (Å²) in [5, 5.41) is 129. The predicted molar refractivity (Wildman–Crippen MR) is 384 cm³/mol. The lowest BCUT2D eigenvalue weighted by Gasteiger charge is -2.27. The third kappa shape index (κ3) is 54.2. The number of nitrogens with one attached hydrogen (secondary N) is 10. The Morgan fingerprint density at radius 1 is 0.326 bits per heavy atom. The Balaban J connectivity index is -0.00000736. The molecule has 0 saturated heterocycles. The largest absolute Gasteiger partial charge is 0.394 e. The molecule has 570 valence electrons. The highest BCUT2D eigenvalue weighted by Gasteiger charge is 2.35. The average Bonchev–Trinajstić information content (AvgIpc) is 0.911. The molecule has 0 aliphatic carbocycles. The van der Waals surface area contributed by atoms with E-state index < -0.39 is 79.8 Å². The Morgan fingerprint density at radius 2 is 0.642 bits per heavy atom. The molecule has 26 heteroatoms. The highest BCUT2D eigenvalue weighted by atomic mass is 16.4. The summed E-state index contributed by atoms with van der Waals surface area (Å²) in [6, 6.07) is 0. The number of carbonyl (C=O) groups is 5. The second-order valence-corrected chi connectivity index (χ2v) is 26.0. The number of nitrogens with zero attached hydrogens (tertiary/aromatic N) is 1. The molecule has 0 bridgehead atoms. The van der Waals surface area contributed by atoms with Crippen LogP contribution in [-0.4, -0.2) is 266 Å². The van der Waals surface area contributed by atoms with Crippen LogP contribution in [0.5, 0.6) is 0 Å². The number of carbonyl (C=O) groups excluding carboxylic acids is 5. The van der Waals surface area contributed by atoms with Gasteiger partial charge in [0.05, 0.1) is 13.2 Å². The molecule has 0 heterocycles. The molecule has 0 saturated carbocycles. The van der Waals surface area contributed by atoms with Crippen LogP contribution in [-0.2, 0) is 24.0 Å². The maximum absolute atomic E-state index is 13.2. The second-order valence-electron chi connectivity index (χ2n) is 26.0. The van der Waals surface area contributed by atoms with Gasteiger partial charge in [-0.3, -0.25) is 24.0 Å². The van der Waals surface area contributed by atoms with Crippen molar-refractivity contribution in [2.24, 2.45) is 5.92 Å². The minimum atomic E-state index is -2.22. The van der Waals surface area contributed by atoms with Gasteiger partial charge in [0.15, 0.2) is 12.2 Å². The molecule has 0 aromatic heterocycles. The Bertz CT molecular complexity index is 1750. The van der Waals surface area contributed by atoms with Gasteiger partial charge in [-0.25, -0.2) is 0 Å². The molecule has 8 atom stereocenters. The zero-order valence-electron chi connectivity index (χ0n) is 59.1. The zero-order chi connectivity index (χ0) is 70.2. The molecule has 26 nitrogen and oxygen atoms in total. The summed E-state index contributed by atoms with van der Waals surface area (Å²) in [6.07, 6.45) is 22.1. The molecule has 0 aromatic carbocycles. The van der Waals surface area contributed by atoms with Crippen molar-refractivity contribution in [1.29, 1.82) is 0 Å². The van der Waals surface area contributed by atoms with Crippen molar-refractivity contribution < 1.29 is 80.7 Å². The zero-order valence-corrected chi connectivity index (χ0v) is 59.1. The first-order valence-corrected chi connectivity index (χ1v) is 37.2. The smallest absolute Gasteiger partial charge is 0.251 e. The van der Waals surface area contributed by atoms with Gasteiger partial charge in [-0.05, 0) is 150 Å². The number of hydrogen-bond donors (Lipinski definition) is 20. The van der Waals surface area contributed by atoms with Crippen LogP contribution in [0.25, 0.3) is 0 Å². The van der Waals surface area contributed by atoms with E-state index in [1.54, 1.807) is 0 Å². The number of aliphatic hydroxyl groups is 10.